The van der Waals surface area contributed by atoms with Gasteiger partial charge in [-0.05, 0) is 18.2 Å². The highest BCUT2D eigenvalue weighted by molar-refractivity contribution is 6.30. The van der Waals surface area contributed by atoms with Gasteiger partial charge in [-0.3, -0.25) is 4.79 Å². The molecular formula is C13H16ClNO4. The Kier molecular flexibility index (Phi) is 6.92. The van der Waals surface area contributed by atoms with Crippen LogP contribution in [0.1, 0.15) is 17.3 Å². The third-order valence-corrected chi connectivity index (χ3v) is 2.39. The van der Waals surface area contributed by atoms with Gasteiger partial charge in [0.1, 0.15) is 13.2 Å². The zero-order chi connectivity index (χ0) is 14.1. The van der Waals surface area contributed by atoms with Gasteiger partial charge in [0.15, 0.2) is 0 Å². The number of hydrogen-bond donors (Lipinski definition) is 1. The summed E-state index contributed by atoms with van der Waals surface area (Å²) in [5.41, 5.74) is 0.424. The van der Waals surface area contributed by atoms with E-state index in [1.165, 1.54) is 6.92 Å². The highest BCUT2D eigenvalue weighted by Gasteiger charge is 2.06. The molecule has 1 aromatic rings. The van der Waals surface area contributed by atoms with Crippen molar-refractivity contribution in [1.29, 1.82) is 0 Å². The molecule has 0 fully saturated rings. The molecule has 0 amide bonds. The van der Waals surface area contributed by atoms with E-state index in [0.29, 0.717) is 30.3 Å². The monoisotopic (exact) mass is 285 g/mol. The first-order valence-electron chi connectivity index (χ1n) is 5.86. The van der Waals surface area contributed by atoms with Crippen LogP contribution in [-0.2, 0) is 14.3 Å². The van der Waals surface area contributed by atoms with Crippen molar-refractivity contribution in [3.63, 3.8) is 0 Å². The molecule has 0 saturated heterocycles. The Hall–Kier alpha value is -1.59. The highest BCUT2D eigenvalue weighted by atomic mass is 35.5. The van der Waals surface area contributed by atoms with Crippen LogP contribution in [0.15, 0.2) is 24.3 Å². The molecule has 0 aromatic heterocycles. The van der Waals surface area contributed by atoms with Crippen LogP contribution in [0.3, 0.4) is 0 Å². The van der Waals surface area contributed by atoms with E-state index >= 15 is 0 Å². The molecule has 0 spiro atoms. The van der Waals surface area contributed by atoms with Gasteiger partial charge < -0.3 is 14.8 Å². The minimum absolute atomic E-state index is 0.241. The zero-order valence-electron chi connectivity index (χ0n) is 10.6. The van der Waals surface area contributed by atoms with Gasteiger partial charge in [-0.2, -0.15) is 0 Å². The first-order chi connectivity index (χ1) is 9.09. The zero-order valence-corrected chi connectivity index (χ0v) is 11.4. The molecule has 6 heteroatoms. The largest absolute Gasteiger partial charge is 0.465 e. The molecule has 5 nitrogen and oxygen atoms in total. The van der Waals surface area contributed by atoms with Gasteiger partial charge in [-0.15, -0.1) is 0 Å². The lowest BCUT2D eigenvalue weighted by molar-refractivity contribution is -0.140. The normalized spacial score (nSPS) is 10.0. The van der Waals surface area contributed by atoms with Crippen LogP contribution in [0.4, 0.5) is 0 Å². The number of halogens is 1. The maximum absolute atomic E-state index is 11.6. The fourth-order valence-electron chi connectivity index (χ4n) is 1.31. The third kappa shape index (κ3) is 6.79. The Morgan fingerprint density at radius 2 is 1.89 bits per heavy atom. The standard InChI is InChI=1S/C13H16ClNO4/c1-10(16)18-7-5-15-6-8-19-13(17)11-3-2-4-12(14)9-11/h2-4,9,15H,5-8H2,1H3. The van der Waals surface area contributed by atoms with E-state index in [-0.39, 0.29) is 12.6 Å². The Labute approximate surface area is 116 Å². The average Bonchev–Trinajstić information content (AvgIpc) is 2.37. The van der Waals surface area contributed by atoms with E-state index in [1.54, 1.807) is 24.3 Å². The predicted octanol–water partition coefficient (Wildman–Crippen LogP) is 1.65. The number of carbonyl (C=O) groups is 2. The average molecular weight is 286 g/mol. The minimum Gasteiger partial charge on any atom is -0.465 e. The Balaban J connectivity index is 2.12. The van der Waals surface area contributed by atoms with E-state index in [4.69, 9.17) is 21.1 Å². The summed E-state index contributed by atoms with van der Waals surface area (Å²) in [6.45, 7) is 2.91. The van der Waals surface area contributed by atoms with Crippen molar-refractivity contribution >= 4 is 23.5 Å². The molecule has 1 aromatic carbocycles. The second-order valence-corrected chi connectivity index (χ2v) is 4.17. The molecule has 0 bridgehead atoms. The lowest BCUT2D eigenvalue weighted by Gasteiger charge is -2.06. The van der Waals surface area contributed by atoms with E-state index in [0.717, 1.165) is 0 Å². The van der Waals surface area contributed by atoms with E-state index in [1.807, 2.05) is 0 Å². The number of hydrogen-bond acceptors (Lipinski definition) is 5. The molecule has 0 radical (unpaired) electrons. The molecule has 1 N–H and O–H groups in total. The molecule has 1 rings (SSSR count). The van der Waals surface area contributed by atoms with Crippen molar-refractivity contribution < 1.29 is 19.1 Å². The van der Waals surface area contributed by atoms with Crippen LogP contribution in [0, 0.1) is 0 Å². The van der Waals surface area contributed by atoms with Crippen LogP contribution >= 0.6 is 11.6 Å². The Morgan fingerprint density at radius 1 is 1.21 bits per heavy atom. The lowest BCUT2D eigenvalue weighted by Crippen LogP contribution is -2.25. The smallest absolute Gasteiger partial charge is 0.338 e. The van der Waals surface area contributed by atoms with Crippen LogP contribution in [-0.4, -0.2) is 38.2 Å². The van der Waals surface area contributed by atoms with Gasteiger partial charge in [-0.25, -0.2) is 4.79 Å². The van der Waals surface area contributed by atoms with E-state index in [9.17, 15) is 9.59 Å². The molecule has 0 aliphatic heterocycles. The van der Waals surface area contributed by atoms with Crippen LogP contribution in [0.25, 0.3) is 0 Å². The van der Waals surface area contributed by atoms with E-state index < -0.39 is 5.97 Å². The van der Waals surface area contributed by atoms with Crippen molar-refractivity contribution in [3.8, 4) is 0 Å². The van der Waals surface area contributed by atoms with Crippen LogP contribution < -0.4 is 5.32 Å². The minimum atomic E-state index is -0.413. The van der Waals surface area contributed by atoms with E-state index in [2.05, 4.69) is 5.32 Å². The van der Waals surface area contributed by atoms with Crippen LogP contribution in [0.5, 0.6) is 0 Å². The number of esters is 2. The fraction of sp³-hybridized carbons (Fsp3) is 0.385. The topological polar surface area (TPSA) is 64.6 Å². The van der Waals surface area contributed by atoms with Crippen LogP contribution in [0.2, 0.25) is 5.02 Å². The highest BCUT2D eigenvalue weighted by Crippen LogP contribution is 2.11. The van der Waals surface area contributed by atoms with Gasteiger partial charge in [0, 0.05) is 25.0 Å². The predicted molar refractivity (Wildman–Crippen MR) is 71.2 cm³/mol. The number of rotatable bonds is 7. The SMILES string of the molecule is CC(=O)OCCNCCOC(=O)c1cccc(Cl)c1. The second kappa shape index (κ2) is 8.50. The van der Waals surface area contributed by atoms with Crippen molar-refractivity contribution in [2.24, 2.45) is 0 Å². The van der Waals surface area contributed by atoms with Crippen molar-refractivity contribution in [2.75, 3.05) is 26.3 Å². The van der Waals surface area contributed by atoms with Gasteiger partial charge in [0.25, 0.3) is 0 Å². The molecule has 0 aliphatic rings. The first-order valence-corrected chi connectivity index (χ1v) is 6.24. The summed E-state index contributed by atoms with van der Waals surface area (Å²) in [7, 11) is 0. The molecule has 0 heterocycles. The van der Waals surface area contributed by atoms with Gasteiger partial charge in [-0.1, -0.05) is 17.7 Å². The molecule has 0 atom stereocenters. The maximum atomic E-state index is 11.6. The van der Waals surface area contributed by atoms with Gasteiger partial charge >= 0.3 is 11.9 Å². The summed E-state index contributed by atoms with van der Waals surface area (Å²) in [6.07, 6.45) is 0. The lowest BCUT2D eigenvalue weighted by atomic mass is 10.2. The van der Waals surface area contributed by atoms with Gasteiger partial charge in [0.2, 0.25) is 0 Å². The summed E-state index contributed by atoms with van der Waals surface area (Å²) in [5.74, 6) is -0.724. The summed E-state index contributed by atoms with van der Waals surface area (Å²) in [6, 6.07) is 6.57. The molecule has 19 heavy (non-hydrogen) atoms. The number of ether oxygens (including phenoxy) is 2. The Bertz CT molecular complexity index is 436. The number of nitrogens with one attached hydrogen (secondary N) is 1. The number of carbonyl (C=O) groups excluding carboxylic acids is 2. The van der Waals surface area contributed by atoms with Crippen molar-refractivity contribution in [1.82, 2.24) is 5.32 Å². The molecule has 0 saturated carbocycles. The van der Waals surface area contributed by atoms with Crippen molar-refractivity contribution in [3.05, 3.63) is 34.9 Å². The number of benzene rings is 1. The third-order valence-electron chi connectivity index (χ3n) is 2.16. The summed E-state index contributed by atoms with van der Waals surface area (Å²) >= 11 is 5.77. The quantitative estimate of drug-likeness (QED) is 0.609. The van der Waals surface area contributed by atoms with Crippen molar-refractivity contribution in [2.45, 2.75) is 6.92 Å². The van der Waals surface area contributed by atoms with Gasteiger partial charge in [0.05, 0.1) is 5.56 Å². The fourth-order valence-corrected chi connectivity index (χ4v) is 1.50. The summed E-state index contributed by atoms with van der Waals surface area (Å²) < 4.78 is 9.77. The molecule has 0 unspecified atom stereocenters. The molecule has 0 aliphatic carbocycles. The maximum Gasteiger partial charge on any atom is 0.338 e. The molecular weight excluding hydrogens is 270 g/mol. The Morgan fingerprint density at radius 3 is 2.53 bits per heavy atom. The first kappa shape index (κ1) is 15.5. The summed E-state index contributed by atoms with van der Waals surface area (Å²) in [5, 5.41) is 3.47. The molecule has 104 valence electrons. The second-order valence-electron chi connectivity index (χ2n) is 3.74. The summed E-state index contributed by atoms with van der Waals surface area (Å²) in [4.78, 5) is 22.1.